The number of carbonyl (C=O) groups excluding carboxylic acids is 2. The smallest absolute Gasteiger partial charge is 0.321 e. The number of nitrogens with zero attached hydrogens (tertiary/aromatic N) is 1. The van der Waals surface area contributed by atoms with E-state index < -0.39 is 16.1 Å². The lowest BCUT2D eigenvalue weighted by Crippen LogP contribution is -2.32. The SMILES string of the molecule is CS(=O)(=O)NCCCNC(=O)Nc1cccc(N2CCNC2=O)c1. The summed E-state index contributed by atoms with van der Waals surface area (Å²) in [6.07, 6.45) is 1.56. The number of urea groups is 2. The van der Waals surface area contributed by atoms with Gasteiger partial charge in [0.25, 0.3) is 0 Å². The van der Waals surface area contributed by atoms with Gasteiger partial charge in [-0.1, -0.05) is 6.07 Å². The molecule has 9 nitrogen and oxygen atoms in total. The highest BCUT2D eigenvalue weighted by molar-refractivity contribution is 7.88. The van der Waals surface area contributed by atoms with Crippen molar-refractivity contribution in [3.05, 3.63) is 24.3 Å². The molecule has 24 heavy (non-hydrogen) atoms. The van der Waals surface area contributed by atoms with Crippen molar-refractivity contribution in [2.24, 2.45) is 0 Å². The molecule has 4 N–H and O–H groups in total. The fourth-order valence-electron chi connectivity index (χ4n) is 2.19. The molecule has 0 atom stereocenters. The minimum atomic E-state index is -3.21. The van der Waals surface area contributed by atoms with Crippen LogP contribution in [0.3, 0.4) is 0 Å². The Bertz CT molecular complexity index is 707. The lowest BCUT2D eigenvalue weighted by molar-refractivity contribution is 0.251. The zero-order chi connectivity index (χ0) is 17.6. The molecule has 0 aromatic heterocycles. The molecular formula is C14H21N5O4S. The maximum absolute atomic E-state index is 11.8. The van der Waals surface area contributed by atoms with Crippen LogP contribution in [0.4, 0.5) is 21.0 Å². The Balaban J connectivity index is 1.78. The van der Waals surface area contributed by atoms with Crippen LogP contribution in [0.5, 0.6) is 0 Å². The van der Waals surface area contributed by atoms with Crippen molar-refractivity contribution in [2.75, 3.05) is 42.7 Å². The Morgan fingerprint density at radius 2 is 2.12 bits per heavy atom. The monoisotopic (exact) mass is 355 g/mol. The first-order chi connectivity index (χ1) is 11.3. The average Bonchev–Trinajstić information content (AvgIpc) is 2.92. The molecule has 0 bridgehead atoms. The van der Waals surface area contributed by atoms with Crippen molar-refractivity contribution in [3.8, 4) is 0 Å². The predicted molar refractivity (Wildman–Crippen MR) is 91.7 cm³/mol. The molecule has 0 spiro atoms. The molecule has 0 aliphatic carbocycles. The van der Waals surface area contributed by atoms with Gasteiger partial charge < -0.3 is 16.0 Å². The van der Waals surface area contributed by atoms with E-state index in [0.29, 0.717) is 37.4 Å². The second kappa shape index (κ2) is 7.97. The minimum absolute atomic E-state index is 0.157. The van der Waals surface area contributed by atoms with Crippen molar-refractivity contribution in [1.82, 2.24) is 15.4 Å². The largest absolute Gasteiger partial charge is 0.338 e. The summed E-state index contributed by atoms with van der Waals surface area (Å²) in [7, 11) is -3.21. The van der Waals surface area contributed by atoms with Crippen LogP contribution in [-0.4, -0.2) is 52.9 Å². The van der Waals surface area contributed by atoms with Crippen molar-refractivity contribution >= 4 is 33.5 Å². The number of anilines is 2. The summed E-state index contributed by atoms with van der Waals surface area (Å²) in [5.41, 5.74) is 1.28. The topological polar surface area (TPSA) is 120 Å². The second-order valence-electron chi connectivity index (χ2n) is 5.33. The summed E-state index contributed by atoms with van der Waals surface area (Å²) >= 11 is 0. The van der Waals surface area contributed by atoms with Crippen LogP contribution in [0.2, 0.25) is 0 Å². The zero-order valence-electron chi connectivity index (χ0n) is 13.3. The predicted octanol–water partition coefficient (Wildman–Crippen LogP) is 0.277. The third-order valence-corrected chi connectivity index (χ3v) is 4.00. The van der Waals surface area contributed by atoms with E-state index in [9.17, 15) is 18.0 Å². The van der Waals surface area contributed by atoms with E-state index in [4.69, 9.17) is 0 Å². The molecule has 0 saturated carbocycles. The number of benzene rings is 1. The van der Waals surface area contributed by atoms with Crippen molar-refractivity contribution in [2.45, 2.75) is 6.42 Å². The number of hydrogen-bond donors (Lipinski definition) is 4. The van der Waals surface area contributed by atoms with Gasteiger partial charge in [-0.3, -0.25) is 4.90 Å². The molecular weight excluding hydrogens is 334 g/mol. The van der Waals surface area contributed by atoms with E-state index in [0.717, 1.165) is 6.26 Å². The molecule has 4 amide bonds. The zero-order valence-corrected chi connectivity index (χ0v) is 14.1. The van der Waals surface area contributed by atoms with E-state index in [1.807, 2.05) is 0 Å². The lowest BCUT2D eigenvalue weighted by atomic mass is 10.2. The third kappa shape index (κ3) is 5.70. The highest BCUT2D eigenvalue weighted by Crippen LogP contribution is 2.20. The Morgan fingerprint density at radius 3 is 2.79 bits per heavy atom. The van der Waals surface area contributed by atoms with E-state index in [-0.39, 0.29) is 12.6 Å². The normalized spacial score (nSPS) is 14.4. The average molecular weight is 355 g/mol. The fourth-order valence-corrected chi connectivity index (χ4v) is 2.71. The quantitative estimate of drug-likeness (QED) is 0.525. The standard InChI is InChI=1S/C14H21N5O4S/c1-24(22,23)17-7-3-6-15-13(20)18-11-4-2-5-12(10-11)19-9-8-16-14(19)21/h2,4-5,10,17H,3,6-9H2,1H3,(H,16,21)(H2,15,18,20). The summed E-state index contributed by atoms with van der Waals surface area (Å²) in [6.45, 7) is 1.78. The molecule has 1 aliphatic heterocycles. The molecule has 0 radical (unpaired) electrons. The first-order valence-corrected chi connectivity index (χ1v) is 9.39. The highest BCUT2D eigenvalue weighted by atomic mass is 32.2. The van der Waals surface area contributed by atoms with Gasteiger partial charge in [0, 0.05) is 37.6 Å². The number of amides is 4. The van der Waals surface area contributed by atoms with E-state index in [2.05, 4.69) is 20.7 Å². The van der Waals surface area contributed by atoms with Gasteiger partial charge in [0.1, 0.15) is 0 Å². The summed E-state index contributed by atoms with van der Waals surface area (Å²) in [5, 5.41) is 8.04. The molecule has 132 valence electrons. The van der Waals surface area contributed by atoms with Gasteiger partial charge in [-0.05, 0) is 24.6 Å². The molecule has 1 aromatic carbocycles. The fraction of sp³-hybridized carbons (Fsp3) is 0.429. The van der Waals surface area contributed by atoms with Gasteiger partial charge >= 0.3 is 12.1 Å². The number of hydrogen-bond acceptors (Lipinski definition) is 4. The number of nitrogens with one attached hydrogen (secondary N) is 4. The van der Waals surface area contributed by atoms with E-state index in [1.165, 1.54) is 0 Å². The van der Waals surface area contributed by atoms with Crippen molar-refractivity contribution in [3.63, 3.8) is 0 Å². The van der Waals surface area contributed by atoms with Gasteiger partial charge in [-0.15, -0.1) is 0 Å². The molecule has 1 aromatic rings. The first kappa shape index (κ1) is 18.0. The van der Waals surface area contributed by atoms with Crippen LogP contribution in [0, 0.1) is 0 Å². The molecule has 1 aliphatic rings. The maximum Gasteiger partial charge on any atom is 0.321 e. The molecule has 0 unspecified atom stereocenters. The van der Waals surface area contributed by atoms with Gasteiger partial charge in [-0.25, -0.2) is 22.7 Å². The Kier molecular flexibility index (Phi) is 5.99. The molecule has 1 fully saturated rings. The van der Waals surface area contributed by atoms with Crippen molar-refractivity contribution in [1.29, 1.82) is 0 Å². The molecule has 1 saturated heterocycles. The van der Waals surface area contributed by atoms with Crippen molar-refractivity contribution < 1.29 is 18.0 Å². The number of rotatable bonds is 7. The summed E-state index contributed by atoms with van der Waals surface area (Å²) in [4.78, 5) is 25.1. The maximum atomic E-state index is 11.8. The van der Waals surface area contributed by atoms with Gasteiger partial charge in [0.15, 0.2) is 0 Å². The number of carbonyl (C=O) groups is 2. The van der Waals surface area contributed by atoms with E-state index in [1.54, 1.807) is 29.2 Å². The van der Waals surface area contributed by atoms with Gasteiger partial charge in [0.05, 0.1) is 6.26 Å². The van der Waals surface area contributed by atoms with Crippen LogP contribution in [0.1, 0.15) is 6.42 Å². The Morgan fingerprint density at radius 1 is 1.33 bits per heavy atom. The lowest BCUT2D eigenvalue weighted by Gasteiger charge is -2.15. The summed E-state index contributed by atoms with van der Waals surface area (Å²) in [5.74, 6) is 0. The van der Waals surface area contributed by atoms with Crippen LogP contribution in [0.15, 0.2) is 24.3 Å². The highest BCUT2D eigenvalue weighted by Gasteiger charge is 2.21. The van der Waals surface area contributed by atoms with Crippen LogP contribution < -0.4 is 25.6 Å². The Labute approximate surface area is 140 Å². The van der Waals surface area contributed by atoms with Crippen LogP contribution in [0.25, 0.3) is 0 Å². The Hall–Kier alpha value is -2.33. The summed E-state index contributed by atoms with van der Waals surface area (Å²) < 4.78 is 24.1. The molecule has 2 rings (SSSR count). The van der Waals surface area contributed by atoms with Gasteiger partial charge in [0.2, 0.25) is 10.0 Å². The second-order valence-corrected chi connectivity index (χ2v) is 7.17. The van der Waals surface area contributed by atoms with Crippen LogP contribution >= 0.6 is 0 Å². The third-order valence-electron chi connectivity index (χ3n) is 3.28. The molecule has 10 heteroatoms. The minimum Gasteiger partial charge on any atom is -0.338 e. The molecule has 1 heterocycles. The van der Waals surface area contributed by atoms with Crippen LogP contribution in [-0.2, 0) is 10.0 Å². The first-order valence-electron chi connectivity index (χ1n) is 7.50. The van der Waals surface area contributed by atoms with E-state index >= 15 is 0 Å². The van der Waals surface area contributed by atoms with Gasteiger partial charge in [-0.2, -0.15) is 0 Å². The summed E-state index contributed by atoms with van der Waals surface area (Å²) in [6, 6.07) is 6.45. The number of sulfonamides is 1.